The van der Waals surface area contributed by atoms with Crippen molar-refractivity contribution in [2.45, 2.75) is 25.4 Å². The molecule has 3 aromatic heterocycles. The van der Waals surface area contributed by atoms with Crippen LogP contribution in [-0.4, -0.2) is 47.8 Å². The Bertz CT molecular complexity index is 1070. The third-order valence-electron chi connectivity index (χ3n) is 5.52. The Balaban J connectivity index is 0.00000256. The molecule has 0 aromatic carbocycles. The number of ether oxygens (including phenoxy) is 3. The summed E-state index contributed by atoms with van der Waals surface area (Å²) in [7, 11) is 5.30. The van der Waals surface area contributed by atoms with E-state index in [1.165, 1.54) is 0 Å². The first-order valence-electron chi connectivity index (χ1n) is 9.59. The van der Waals surface area contributed by atoms with Crippen LogP contribution in [0.2, 0.25) is 0 Å². The molecule has 0 bridgehead atoms. The SMILES string of the molecule is COc1cc(-c2cn(C)c3cnc(CC(C)=O)cc23)nc([C@@]2(OC)CCOC2)c1.S. The molecule has 160 valence electrons. The third-order valence-corrected chi connectivity index (χ3v) is 5.52. The highest BCUT2D eigenvalue weighted by molar-refractivity contribution is 7.59. The Morgan fingerprint density at radius 3 is 2.73 bits per heavy atom. The minimum absolute atomic E-state index is 0. The second-order valence-corrected chi connectivity index (χ2v) is 7.50. The van der Waals surface area contributed by atoms with Crippen LogP contribution in [0.25, 0.3) is 22.2 Å². The fraction of sp³-hybridized carbons (Fsp3) is 0.409. The maximum Gasteiger partial charge on any atom is 0.135 e. The third kappa shape index (κ3) is 3.95. The molecule has 8 heteroatoms. The van der Waals surface area contributed by atoms with Crippen LogP contribution < -0.4 is 4.74 Å². The van der Waals surface area contributed by atoms with E-state index < -0.39 is 5.60 Å². The van der Waals surface area contributed by atoms with E-state index >= 15 is 0 Å². The van der Waals surface area contributed by atoms with Crippen molar-refractivity contribution in [3.8, 4) is 17.0 Å². The number of fused-ring (bicyclic) bond motifs is 1. The number of aryl methyl sites for hydroxylation is 1. The van der Waals surface area contributed by atoms with Crippen LogP contribution in [0, 0.1) is 0 Å². The van der Waals surface area contributed by atoms with Crippen molar-refractivity contribution < 1.29 is 19.0 Å². The highest BCUT2D eigenvalue weighted by atomic mass is 32.1. The molecule has 1 atom stereocenters. The van der Waals surface area contributed by atoms with E-state index in [1.54, 1.807) is 27.3 Å². The molecule has 4 rings (SSSR count). The molecule has 1 aliphatic heterocycles. The Hall–Kier alpha value is -2.42. The zero-order valence-electron chi connectivity index (χ0n) is 17.7. The van der Waals surface area contributed by atoms with Crippen molar-refractivity contribution in [3.05, 3.63) is 42.0 Å². The van der Waals surface area contributed by atoms with Crippen LogP contribution >= 0.6 is 13.5 Å². The molecule has 1 saturated heterocycles. The molecule has 3 aromatic rings. The van der Waals surface area contributed by atoms with Crippen molar-refractivity contribution in [2.75, 3.05) is 27.4 Å². The van der Waals surface area contributed by atoms with E-state index in [4.69, 9.17) is 19.2 Å². The Labute approximate surface area is 182 Å². The van der Waals surface area contributed by atoms with Crippen molar-refractivity contribution in [1.82, 2.24) is 14.5 Å². The van der Waals surface area contributed by atoms with Gasteiger partial charge < -0.3 is 18.8 Å². The number of nitrogens with zero attached hydrogens (tertiary/aromatic N) is 3. The van der Waals surface area contributed by atoms with Gasteiger partial charge in [0.25, 0.3) is 0 Å². The number of Topliss-reactive ketones (excluding diaryl/α,β-unsaturated/α-hetero) is 1. The zero-order valence-corrected chi connectivity index (χ0v) is 18.7. The quantitative estimate of drug-likeness (QED) is 0.599. The maximum absolute atomic E-state index is 11.6. The summed E-state index contributed by atoms with van der Waals surface area (Å²) in [5.41, 5.74) is 3.69. The van der Waals surface area contributed by atoms with Gasteiger partial charge in [-0.05, 0) is 13.0 Å². The predicted octanol–water partition coefficient (Wildman–Crippen LogP) is 3.15. The standard InChI is InChI=1S/C22H25N3O4.H2S/c1-14(26)7-15-8-17-18(12-25(2)20(17)11-23-15)19-9-16(27-3)10-21(24-19)22(28-4)5-6-29-13-22;/h8-12H,5-7,13H2,1-4H3;1H2/t22-;/m1./s1. The van der Waals surface area contributed by atoms with E-state index in [0.29, 0.717) is 25.4 Å². The maximum atomic E-state index is 11.6. The van der Waals surface area contributed by atoms with Crippen molar-refractivity contribution in [1.29, 1.82) is 0 Å². The first-order valence-corrected chi connectivity index (χ1v) is 9.59. The van der Waals surface area contributed by atoms with Crippen molar-refractivity contribution in [2.24, 2.45) is 7.05 Å². The first-order chi connectivity index (χ1) is 14.0. The number of pyridine rings is 2. The number of carbonyl (C=O) groups excluding carboxylic acids is 1. The number of methoxy groups -OCH3 is 2. The van der Waals surface area contributed by atoms with E-state index in [9.17, 15) is 4.79 Å². The van der Waals surface area contributed by atoms with Gasteiger partial charge in [-0.15, -0.1) is 0 Å². The van der Waals surface area contributed by atoms with Gasteiger partial charge in [-0.25, -0.2) is 4.98 Å². The molecular formula is C22H27N3O4S. The summed E-state index contributed by atoms with van der Waals surface area (Å²) in [4.78, 5) is 20.9. The van der Waals surface area contributed by atoms with Crippen LogP contribution in [0.1, 0.15) is 24.7 Å². The molecular weight excluding hydrogens is 402 g/mol. The molecule has 0 amide bonds. The molecule has 0 aliphatic carbocycles. The van der Waals surface area contributed by atoms with Gasteiger partial charge in [0.1, 0.15) is 17.1 Å². The summed E-state index contributed by atoms with van der Waals surface area (Å²) in [5, 5.41) is 1.000. The number of rotatable bonds is 6. The van der Waals surface area contributed by atoms with E-state index in [2.05, 4.69) is 4.98 Å². The van der Waals surface area contributed by atoms with E-state index in [1.807, 2.05) is 36.0 Å². The smallest absolute Gasteiger partial charge is 0.135 e. The molecule has 0 saturated carbocycles. The molecule has 0 unspecified atom stereocenters. The minimum Gasteiger partial charge on any atom is -0.497 e. The summed E-state index contributed by atoms with van der Waals surface area (Å²) < 4.78 is 19.0. The van der Waals surface area contributed by atoms with Gasteiger partial charge in [-0.2, -0.15) is 13.5 Å². The second-order valence-electron chi connectivity index (χ2n) is 7.50. The van der Waals surface area contributed by atoms with Crippen LogP contribution in [-0.2, 0) is 33.3 Å². The molecule has 0 N–H and O–H groups in total. The topological polar surface area (TPSA) is 75.5 Å². The normalized spacial score (nSPS) is 18.4. The molecule has 0 radical (unpaired) electrons. The molecule has 1 fully saturated rings. The fourth-order valence-electron chi connectivity index (χ4n) is 3.89. The van der Waals surface area contributed by atoms with Gasteiger partial charge in [0.05, 0.1) is 36.8 Å². The Morgan fingerprint density at radius 1 is 1.30 bits per heavy atom. The summed E-state index contributed by atoms with van der Waals surface area (Å²) in [6.07, 6.45) is 4.89. The van der Waals surface area contributed by atoms with Gasteiger partial charge in [0.15, 0.2) is 0 Å². The fourth-order valence-corrected chi connectivity index (χ4v) is 3.89. The Morgan fingerprint density at radius 2 is 2.10 bits per heavy atom. The average Bonchev–Trinajstić information content (AvgIpc) is 3.33. The summed E-state index contributed by atoms with van der Waals surface area (Å²) in [6, 6.07) is 5.80. The summed E-state index contributed by atoms with van der Waals surface area (Å²) in [6.45, 7) is 2.67. The molecule has 30 heavy (non-hydrogen) atoms. The molecule has 1 aliphatic rings. The Kier molecular flexibility index (Phi) is 6.50. The van der Waals surface area contributed by atoms with Gasteiger partial charge in [-0.1, -0.05) is 0 Å². The summed E-state index contributed by atoms with van der Waals surface area (Å²) in [5.74, 6) is 0.794. The number of hydrogen-bond donors (Lipinski definition) is 0. The van der Waals surface area contributed by atoms with Gasteiger partial charge >= 0.3 is 0 Å². The number of hydrogen-bond acceptors (Lipinski definition) is 6. The monoisotopic (exact) mass is 429 g/mol. The van der Waals surface area contributed by atoms with Crippen LogP contribution in [0.5, 0.6) is 5.75 Å². The molecule has 0 spiro atoms. The zero-order chi connectivity index (χ0) is 20.6. The lowest BCUT2D eigenvalue weighted by Gasteiger charge is -2.26. The van der Waals surface area contributed by atoms with Crippen molar-refractivity contribution in [3.63, 3.8) is 0 Å². The lowest BCUT2D eigenvalue weighted by Crippen LogP contribution is -2.30. The van der Waals surface area contributed by atoms with Crippen LogP contribution in [0.15, 0.2) is 30.6 Å². The van der Waals surface area contributed by atoms with Crippen LogP contribution in [0.4, 0.5) is 0 Å². The lowest BCUT2D eigenvalue weighted by atomic mass is 9.96. The number of carbonyl (C=O) groups is 1. The lowest BCUT2D eigenvalue weighted by molar-refractivity contribution is -0.116. The highest BCUT2D eigenvalue weighted by Crippen LogP contribution is 2.37. The van der Waals surface area contributed by atoms with Gasteiger partial charge in [0.2, 0.25) is 0 Å². The van der Waals surface area contributed by atoms with E-state index in [0.717, 1.165) is 40.0 Å². The number of aromatic nitrogens is 3. The molecule has 7 nitrogen and oxygen atoms in total. The van der Waals surface area contributed by atoms with Gasteiger partial charge in [0, 0.05) is 68.6 Å². The average molecular weight is 430 g/mol. The molecule has 4 heterocycles. The number of ketones is 1. The first kappa shape index (κ1) is 22.3. The van der Waals surface area contributed by atoms with Crippen LogP contribution in [0.3, 0.4) is 0 Å². The highest BCUT2D eigenvalue weighted by Gasteiger charge is 2.39. The largest absolute Gasteiger partial charge is 0.497 e. The van der Waals surface area contributed by atoms with Crippen molar-refractivity contribution >= 4 is 30.2 Å². The van der Waals surface area contributed by atoms with Gasteiger partial charge in [-0.3, -0.25) is 9.78 Å². The van der Waals surface area contributed by atoms with E-state index in [-0.39, 0.29) is 19.3 Å². The second kappa shape index (κ2) is 8.75. The predicted molar refractivity (Wildman–Crippen MR) is 119 cm³/mol. The minimum atomic E-state index is -0.574. The summed E-state index contributed by atoms with van der Waals surface area (Å²) >= 11 is 0.